The van der Waals surface area contributed by atoms with Crippen LogP contribution in [0.15, 0.2) is 42.5 Å². The number of hydrogen-bond acceptors (Lipinski definition) is 6. The van der Waals surface area contributed by atoms with Gasteiger partial charge >= 0.3 is 5.97 Å². The van der Waals surface area contributed by atoms with Crippen molar-refractivity contribution in [3.05, 3.63) is 64.2 Å². The van der Waals surface area contributed by atoms with E-state index in [1.54, 1.807) is 36.4 Å². The highest BCUT2D eigenvalue weighted by molar-refractivity contribution is 6.31. The Morgan fingerprint density at radius 3 is 2.59 bits per heavy atom. The second-order valence-electron chi connectivity index (χ2n) is 7.60. The lowest BCUT2D eigenvalue weighted by atomic mass is 9.99. The summed E-state index contributed by atoms with van der Waals surface area (Å²) in [4.78, 5) is 30.8. The first kappa shape index (κ1) is 21.9. The fraction of sp³-hybridized carbons (Fsp3) is 0.261. The summed E-state index contributed by atoms with van der Waals surface area (Å²) in [6.45, 7) is 4.33. The summed E-state index contributed by atoms with van der Waals surface area (Å²) in [7, 11) is 0. The number of aromatic carboxylic acids is 1. The highest BCUT2D eigenvalue weighted by atomic mass is 35.5. The molecule has 0 saturated carbocycles. The Morgan fingerprint density at radius 1 is 1.19 bits per heavy atom. The number of nitrogens with zero attached hydrogens (tertiary/aromatic N) is 2. The first-order chi connectivity index (χ1) is 15.3. The van der Waals surface area contributed by atoms with Gasteiger partial charge in [-0.05, 0) is 37.3 Å². The molecule has 2 heterocycles. The Bertz CT molecular complexity index is 1190. The highest BCUT2D eigenvalue weighted by Crippen LogP contribution is 2.33. The fourth-order valence-corrected chi connectivity index (χ4v) is 4.13. The molecule has 32 heavy (non-hydrogen) atoms. The molecule has 2 aromatic carbocycles. The minimum absolute atomic E-state index is 0.158. The van der Waals surface area contributed by atoms with E-state index >= 15 is 0 Å². The van der Waals surface area contributed by atoms with Gasteiger partial charge in [0.25, 0.3) is 0 Å². The Morgan fingerprint density at radius 2 is 1.91 bits per heavy atom. The molecular formula is C23H23ClN4O4. The van der Waals surface area contributed by atoms with Crippen LogP contribution >= 0.6 is 11.6 Å². The largest absolute Gasteiger partial charge is 0.478 e. The van der Waals surface area contributed by atoms with Gasteiger partial charge in [0.2, 0.25) is 5.91 Å². The zero-order valence-corrected chi connectivity index (χ0v) is 18.2. The SMILES string of the molecule is CC(Nc1ccccc1C(=O)O)c1cc(Cl)cc2c(C(N)=O)cc(N3CCOCC3)nc12. The van der Waals surface area contributed by atoms with Crippen molar-refractivity contribution in [1.82, 2.24) is 4.98 Å². The standard InChI is InChI=1S/C23H23ClN4O4/c1-13(26-19-5-3-2-4-15(19)23(30)31)16-10-14(24)11-17-18(22(25)29)12-20(27-21(16)17)28-6-8-32-9-7-28/h2-5,10-13,26H,6-9H2,1H3,(H2,25,29)(H,30,31). The number of rotatable bonds is 6. The number of para-hydroxylation sites is 1. The van der Waals surface area contributed by atoms with Crippen LogP contribution in [-0.4, -0.2) is 48.3 Å². The Labute approximate surface area is 189 Å². The van der Waals surface area contributed by atoms with Gasteiger partial charge in [0.05, 0.1) is 35.9 Å². The molecule has 4 rings (SSSR count). The molecule has 0 bridgehead atoms. The molecule has 1 saturated heterocycles. The third-order valence-corrected chi connectivity index (χ3v) is 5.71. The van der Waals surface area contributed by atoms with E-state index in [0.717, 1.165) is 5.56 Å². The number of morpholine rings is 1. The number of pyridine rings is 1. The number of anilines is 2. The second kappa shape index (κ2) is 9.02. The number of benzene rings is 2. The molecule has 0 radical (unpaired) electrons. The third-order valence-electron chi connectivity index (χ3n) is 5.49. The van der Waals surface area contributed by atoms with Crippen LogP contribution < -0.4 is 16.0 Å². The summed E-state index contributed by atoms with van der Waals surface area (Å²) in [5.74, 6) is -0.965. The monoisotopic (exact) mass is 454 g/mol. The number of fused-ring (bicyclic) bond motifs is 1. The maximum absolute atomic E-state index is 12.3. The molecule has 0 aliphatic carbocycles. The smallest absolute Gasteiger partial charge is 0.337 e. The minimum Gasteiger partial charge on any atom is -0.478 e. The summed E-state index contributed by atoms with van der Waals surface area (Å²) in [6, 6.07) is 11.4. The van der Waals surface area contributed by atoms with Crippen LogP contribution in [0.1, 0.15) is 39.2 Å². The van der Waals surface area contributed by atoms with E-state index < -0.39 is 11.9 Å². The molecule has 1 unspecified atom stereocenters. The number of carboxylic acids is 1. The maximum atomic E-state index is 12.3. The molecule has 8 nitrogen and oxygen atoms in total. The summed E-state index contributed by atoms with van der Waals surface area (Å²) < 4.78 is 5.42. The van der Waals surface area contributed by atoms with Crippen LogP contribution in [0.2, 0.25) is 5.02 Å². The summed E-state index contributed by atoms with van der Waals surface area (Å²) in [5, 5.41) is 13.7. The molecule has 1 aliphatic heterocycles. The molecule has 1 amide bonds. The molecule has 1 fully saturated rings. The Hall–Kier alpha value is -3.36. The van der Waals surface area contributed by atoms with Gasteiger partial charge in [-0.15, -0.1) is 0 Å². The number of carbonyl (C=O) groups excluding carboxylic acids is 1. The van der Waals surface area contributed by atoms with Gasteiger partial charge in [-0.25, -0.2) is 9.78 Å². The normalized spacial score (nSPS) is 14.9. The van der Waals surface area contributed by atoms with E-state index in [0.29, 0.717) is 59.3 Å². The second-order valence-corrected chi connectivity index (χ2v) is 8.04. The molecule has 166 valence electrons. The lowest BCUT2D eigenvalue weighted by molar-refractivity contribution is 0.0697. The average molecular weight is 455 g/mol. The van der Waals surface area contributed by atoms with Gasteiger partial charge in [-0.2, -0.15) is 0 Å². The van der Waals surface area contributed by atoms with Crippen molar-refractivity contribution < 1.29 is 19.4 Å². The first-order valence-corrected chi connectivity index (χ1v) is 10.6. The number of amides is 1. The Kier molecular flexibility index (Phi) is 6.16. The summed E-state index contributed by atoms with van der Waals surface area (Å²) in [5.41, 5.74) is 7.97. The molecule has 9 heteroatoms. The van der Waals surface area contributed by atoms with Gasteiger partial charge in [-0.1, -0.05) is 23.7 Å². The van der Waals surface area contributed by atoms with Gasteiger partial charge in [0, 0.05) is 34.7 Å². The van der Waals surface area contributed by atoms with Gasteiger partial charge in [0.15, 0.2) is 0 Å². The van der Waals surface area contributed by atoms with Gasteiger partial charge < -0.3 is 25.8 Å². The van der Waals surface area contributed by atoms with Crippen molar-refractivity contribution in [2.45, 2.75) is 13.0 Å². The first-order valence-electron chi connectivity index (χ1n) is 10.2. The molecular weight excluding hydrogens is 432 g/mol. The van der Waals surface area contributed by atoms with Crippen LogP contribution in [0.5, 0.6) is 0 Å². The number of nitrogens with two attached hydrogens (primary N) is 1. The molecule has 1 aliphatic rings. The van der Waals surface area contributed by atoms with Crippen LogP contribution in [0.3, 0.4) is 0 Å². The highest BCUT2D eigenvalue weighted by Gasteiger charge is 2.22. The van der Waals surface area contributed by atoms with E-state index in [4.69, 9.17) is 27.1 Å². The molecule has 3 aromatic rings. The zero-order chi connectivity index (χ0) is 22.8. The lowest BCUT2D eigenvalue weighted by Gasteiger charge is -2.29. The van der Waals surface area contributed by atoms with Crippen molar-refractivity contribution in [2.24, 2.45) is 5.73 Å². The number of ether oxygens (including phenoxy) is 1. The van der Waals surface area contributed by atoms with Crippen LogP contribution in [0.4, 0.5) is 11.5 Å². The topological polar surface area (TPSA) is 118 Å². The van der Waals surface area contributed by atoms with Crippen molar-refractivity contribution in [3.63, 3.8) is 0 Å². The predicted octanol–water partition coefficient (Wildman–Crippen LogP) is 3.70. The third kappa shape index (κ3) is 4.32. The van der Waals surface area contributed by atoms with Crippen LogP contribution in [0, 0.1) is 0 Å². The summed E-state index contributed by atoms with van der Waals surface area (Å²) in [6.07, 6.45) is 0. The predicted molar refractivity (Wildman–Crippen MR) is 124 cm³/mol. The zero-order valence-electron chi connectivity index (χ0n) is 17.5. The van der Waals surface area contributed by atoms with Crippen molar-refractivity contribution >= 4 is 45.9 Å². The van der Waals surface area contributed by atoms with Crippen LogP contribution in [0.25, 0.3) is 10.9 Å². The van der Waals surface area contributed by atoms with Crippen molar-refractivity contribution in [2.75, 3.05) is 36.5 Å². The number of halogens is 1. The number of primary amides is 1. The fourth-order valence-electron chi connectivity index (χ4n) is 3.90. The van der Waals surface area contributed by atoms with Crippen molar-refractivity contribution in [3.8, 4) is 0 Å². The van der Waals surface area contributed by atoms with E-state index in [2.05, 4.69) is 5.32 Å². The number of hydrogen-bond donors (Lipinski definition) is 3. The van der Waals surface area contributed by atoms with E-state index in [9.17, 15) is 14.7 Å². The number of nitrogens with one attached hydrogen (secondary N) is 1. The van der Waals surface area contributed by atoms with Gasteiger partial charge in [0.1, 0.15) is 5.82 Å². The van der Waals surface area contributed by atoms with Crippen LogP contribution in [-0.2, 0) is 4.74 Å². The lowest BCUT2D eigenvalue weighted by Crippen LogP contribution is -2.37. The number of carbonyl (C=O) groups is 2. The van der Waals surface area contributed by atoms with Gasteiger partial charge in [-0.3, -0.25) is 4.79 Å². The molecule has 0 spiro atoms. The molecule has 4 N–H and O–H groups in total. The number of carboxylic acid groups (broad SMARTS) is 1. The minimum atomic E-state index is -1.03. The Balaban J connectivity index is 1.84. The number of aromatic nitrogens is 1. The molecule has 1 aromatic heterocycles. The maximum Gasteiger partial charge on any atom is 0.337 e. The average Bonchev–Trinajstić information content (AvgIpc) is 2.78. The van der Waals surface area contributed by atoms with E-state index in [1.165, 1.54) is 6.07 Å². The summed E-state index contributed by atoms with van der Waals surface area (Å²) >= 11 is 6.39. The van der Waals surface area contributed by atoms with Crippen molar-refractivity contribution in [1.29, 1.82) is 0 Å². The van der Waals surface area contributed by atoms with E-state index in [1.807, 2.05) is 11.8 Å². The quantitative estimate of drug-likeness (QED) is 0.519. The molecule has 1 atom stereocenters. The van der Waals surface area contributed by atoms with E-state index in [-0.39, 0.29) is 11.6 Å².